The first-order chi connectivity index (χ1) is 9.76. The predicted octanol–water partition coefficient (Wildman–Crippen LogP) is 0.00380. The molecule has 1 heterocycles. The van der Waals surface area contributed by atoms with Crippen molar-refractivity contribution in [3.05, 3.63) is 29.6 Å². The van der Waals surface area contributed by atoms with E-state index in [1.165, 1.54) is 18.2 Å². The van der Waals surface area contributed by atoms with Crippen LogP contribution in [0.1, 0.15) is 24.4 Å². The van der Waals surface area contributed by atoms with Gasteiger partial charge in [0.2, 0.25) is 15.9 Å². The summed E-state index contributed by atoms with van der Waals surface area (Å²) in [5.74, 6) is -1.80. The largest absolute Gasteiger partial charge is 0.340 e. The van der Waals surface area contributed by atoms with Crippen molar-refractivity contribution in [2.45, 2.75) is 18.9 Å². The van der Waals surface area contributed by atoms with E-state index in [1.807, 2.05) is 0 Å². The van der Waals surface area contributed by atoms with E-state index < -0.39 is 33.7 Å². The number of halogens is 1. The summed E-state index contributed by atoms with van der Waals surface area (Å²) in [6.07, 6.45) is -0.0418. The number of hydrogen-bond donors (Lipinski definition) is 3. The number of primary sulfonamides is 1. The number of benzene rings is 1. The smallest absolute Gasteiger partial charge is 0.251 e. The second-order valence-electron chi connectivity index (χ2n) is 4.69. The fourth-order valence-corrected chi connectivity index (χ4v) is 2.59. The number of nitrogens with one attached hydrogen (secondary N) is 2. The first kappa shape index (κ1) is 15.4. The summed E-state index contributed by atoms with van der Waals surface area (Å²) in [6.45, 7) is 0. The Balaban J connectivity index is 1.99. The molecule has 9 heteroatoms. The fourth-order valence-electron chi connectivity index (χ4n) is 2.04. The normalized spacial score (nSPS) is 17.2. The van der Waals surface area contributed by atoms with Gasteiger partial charge in [-0.1, -0.05) is 0 Å². The molecule has 0 saturated carbocycles. The summed E-state index contributed by atoms with van der Waals surface area (Å²) in [5, 5.41) is 9.79. The summed E-state index contributed by atoms with van der Waals surface area (Å²) in [4.78, 5) is 23.5. The second kappa shape index (κ2) is 5.78. The highest BCUT2D eigenvalue weighted by Gasteiger charge is 2.31. The summed E-state index contributed by atoms with van der Waals surface area (Å²) in [6, 6.07) is 2.81. The van der Waals surface area contributed by atoms with E-state index in [0.717, 1.165) is 0 Å². The third kappa shape index (κ3) is 3.99. The number of carbonyl (C=O) groups excluding carboxylic acids is 2. The van der Waals surface area contributed by atoms with Crippen molar-refractivity contribution in [1.82, 2.24) is 5.32 Å². The highest BCUT2D eigenvalue weighted by atomic mass is 32.2. The van der Waals surface area contributed by atoms with Crippen molar-refractivity contribution in [2.24, 2.45) is 5.14 Å². The zero-order valence-electron chi connectivity index (χ0n) is 10.9. The number of rotatable bonds is 5. The van der Waals surface area contributed by atoms with Gasteiger partial charge in [0, 0.05) is 17.7 Å². The van der Waals surface area contributed by atoms with Gasteiger partial charge in [0.15, 0.2) is 0 Å². The van der Waals surface area contributed by atoms with Crippen molar-refractivity contribution < 1.29 is 22.4 Å². The van der Waals surface area contributed by atoms with Crippen LogP contribution in [0.25, 0.3) is 0 Å². The van der Waals surface area contributed by atoms with E-state index in [4.69, 9.17) is 5.14 Å². The number of sulfonamides is 1. The molecule has 114 valence electrons. The Morgan fingerprint density at radius 2 is 2.14 bits per heavy atom. The van der Waals surface area contributed by atoms with Crippen LogP contribution in [0.15, 0.2) is 18.2 Å². The van der Waals surface area contributed by atoms with Gasteiger partial charge in [0.25, 0.3) is 5.91 Å². The predicted molar refractivity (Wildman–Crippen MR) is 73.1 cm³/mol. The van der Waals surface area contributed by atoms with Crippen LogP contribution >= 0.6 is 0 Å². The van der Waals surface area contributed by atoms with Gasteiger partial charge in [0.05, 0.1) is 5.75 Å². The van der Waals surface area contributed by atoms with Gasteiger partial charge in [-0.05, 0) is 24.6 Å². The molecule has 0 unspecified atom stereocenters. The van der Waals surface area contributed by atoms with Crippen LogP contribution in [0.2, 0.25) is 0 Å². The molecule has 21 heavy (non-hydrogen) atoms. The average molecular weight is 315 g/mol. The highest BCUT2D eigenvalue weighted by molar-refractivity contribution is 7.89. The van der Waals surface area contributed by atoms with Gasteiger partial charge in [-0.3, -0.25) is 9.59 Å². The molecule has 0 bridgehead atoms. The lowest BCUT2D eigenvalue weighted by atomic mass is 10.1. The van der Waals surface area contributed by atoms with Crippen LogP contribution in [-0.2, 0) is 19.6 Å². The maximum Gasteiger partial charge on any atom is 0.251 e. The molecule has 0 saturated heterocycles. The number of anilines is 1. The SMILES string of the molecule is NS(=O)(=O)CCCC(=O)N[C@H]1C(=O)Nc2ccc(F)cc21. The number of fused-ring (bicyclic) bond motifs is 1. The van der Waals surface area contributed by atoms with E-state index in [1.54, 1.807) is 0 Å². The molecule has 0 radical (unpaired) electrons. The molecular weight excluding hydrogens is 301 g/mol. The number of nitrogens with two attached hydrogens (primary N) is 1. The molecular formula is C12H14FN3O4S. The van der Waals surface area contributed by atoms with E-state index in [0.29, 0.717) is 11.3 Å². The Hall–Kier alpha value is -2.00. The summed E-state index contributed by atoms with van der Waals surface area (Å²) in [7, 11) is -3.62. The van der Waals surface area contributed by atoms with Crippen LogP contribution in [0.5, 0.6) is 0 Å². The number of carbonyl (C=O) groups is 2. The molecule has 2 amide bonds. The van der Waals surface area contributed by atoms with Crippen molar-refractivity contribution in [2.75, 3.05) is 11.1 Å². The number of hydrogen-bond acceptors (Lipinski definition) is 4. The van der Waals surface area contributed by atoms with E-state index >= 15 is 0 Å². The Bertz CT molecular complexity index is 690. The molecule has 0 aliphatic carbocycles. The molecule has 7 nitrogen and oxygen atoms in total. The average Bonchev–Trinajstić information content (AvgIpc) is 2.64. The Labute approximate surface area is 120 Å². The van der Waals surface area contributed by atoms with E-state index in [-0.39, 0.29) is 18.6 Å². The Kier molecular flexibility index (Phi) is 4.24. The highest BCUT2D eigenvalue weighted by Crippen LogP contribution is 2.31. The standard InChI is InChI=1S/C12H14FN3O4S/c13-7-3-4-9-8(6-7)11(12(18)15-9)16-10(17)2-1-5-21(14,19)20/h3-4,6,11H,1-2,5H2,(H,15,18)(H,16,17)(H2,14,19,20)/t11-/m1/s1. The molecule has 1 atom stereocenters. The number of amides is 2. The minimum Gasteiger partial charge on any atom is -0.340 e. The summed E-state index contributed by atoms with van der Waals surface area (Å²) in [5.41, 5.74) is 0.788. The van der Waals surface area contributed by atoms with Gasteiger partial charge in [0.1, 0.15) is 11.9 Å². The van der Waals surface area contributed by atoms with Gasteiger partial charge in [-0.25, -0.2) is 17.9 Å². The zero-order valence-corrected chi connectivity index (χ0v) is 11.7. The van der Waals surface area contributed by atoms with Crippen molar-refractivity contribution in [3.63, 3.8) is 0 Å². The topological polar surface area (TPSA) is 118 Å². The fraction of sp³-hybridized carbons (Fsp3) is 0.333. The third-order valence-corrected chi connectivity index (χ3v) is 3.84. The van der Waals surface area contributed by atoms with Gasteiger partial charge in [-0.2, -0.15) is 0 Å². The second-order valence-corrected chi connectivity index (χ2v) is 6.43. The molecule has 1 aromatic carbocycles. The quantitative estimate of drug-likeness (QED) is 0.709. The molecule has 0 spiro atoms. The van der Waals surface area contributed by atoms with E-state index in [2.05, 4.69) is 10.6 Å². The van der Waals surface area contributed by atoms with Crippen LogP contribution in [0, 0.1) is 5.82 Å². The van der Waals surface area contributed by atoms with Crippen molar-refractivity contribution in [3.8, 4) is 0 Å². The lowest BCUT2D eigenvalue weighted by Gasteiger charge is -2.11. The minimum atomic E-state index is -3.62. The van der Waals surface area contributed by atoms with Crippen molar-refractivity contribution >= 4 is 27.5 Å². The lowest BCUT2D eigenvalue weighted by molar-refractivity contribution is -0.126. The third-order valence-electron chi connectivity index (χ3n) is 2.98. The molecule has 0 fully saturated rings. The van der Waals surface area contributed by atoms with Crippen LogP contribution in [0.4, 0.5) is 10.1 Å². The molecule has 1 aliphatic heterocycles. The van der Waals surface area contributed by atoms with Crippen molar-refractivity contribution in [1.29, 1.82) is 0 Å². The molecule has 1 aromatic rings. The minimum absolute atomic E-state index is 0.0506. The lowest BCUT2D eigenvalue weighted by Crippen LogP contribution is -2.33. The first-order valence-corrected chi connectivity index (χ1v) is 7.88. The Morgan fingerprint density at radius 1 is 1.43 bits per heavy atom. The van der Waals surface area contributed by atoms with Crippen LogP contribution in [-0.4, -0.2) is 26.0 Å². The monoisotopic (exact) mass is 315 g/mol. The van der Waals surface area contributed by atoms with Crippen LogP contribution in [0.3, 0.4) is 0 Å². The van der Waals surface area contributed by atoms with Gasteiger partial charge >= 0.3 is 0 Å². The summed E-state index contributed by atoms with van der Waals surface area (Å²) >= 11 is 0. The maximum absolute atomic E-state index is 13.2. The maximum atomic E-state index is 13.2. The van der Waals surface area contributed by atoms with Gasteiger partial charge in [-0.15, -0.1) is 0 Å². The summed E-state index contributed by atoms with van der Waals surface area (Å²) < 4.78 is 34.7. The van der Waals surface area contributed by atoms with Gasteiger partial charge < -0.3 is 10.6 Å². The Morgan fingerprint density at radius 3 is 2.81 bits per heavy atom. The molecule has 1 aliphatic rings. The van der Waals surface area contributed by atoms with E-state index in [9.17, 15) is 22.4 Å². The molecule has 4 N–H and O–H groups in total. The van der Waals surface area contributed by atoms with Crippen LogP contribution < -0.4 is 15.8 Å². The molecule has 0 aromatic heterocycles. The zero-order chi connectivity index (χ0) is 15.6. The molecule has 2 rings (SSSR count). The first-order valence-electron chi connectivity index (χ1n) is 6.16.